The normalized spacial score (nSPS) is 10.0. The van der Waals surface area contributed by atoms with Crippen molar-refractivity contribution < 1.29 is 8.85 Å². The molecule has 0 aromatic carbocycles. The van der Waals surface area contributed by atoms with Crippen LogP contribution in [0.2, 0.25) is 0 Å². The SMILES string of the molecule is C=C(C)[SiH](OC)OC. The van der Waals surface area contributed by atoms with E-state index in [1.54, 1.807) is 14.2 Å². The van der Waals surface area contributed by atoms with Gasteiger partial charge in [-0.2, -0.15) is 0 Å². The Morgan fingerprint density at radius 1 is 1.38 bits per heavy atom. The molecule has 0 radical (unpaired) electrons. The minimum atomic E-state index is -1.46. The monoisotopic (exact) mass is 132 g/mol. The zero-order valence-electron chi connectivity index (χ0n) is 5.60. The molecule has 0 saturated carbocycles. The molecular weight excluding hydrogens is 120 g/mol. The van der Waals surface area contributed by atoms with E-state index >= 15 is 0 Å². The van der Waals surface area contributed by atoms with Crippen molar-refractivity contribution in [1.29, 1.82) is 0 Å². The molecule has 0 aromatic rings. The number of hydrogen-bond acceptors (Lipinski definition) is 2. The van der Waals surface area contributed by atoms with Gasteiger partial charge < -0.3 is 8.85 Å². The lowest BCUT2D eigenvalue weighted by molar-refractivity contribution is 0.287. The highest BCUT2D eigenvalue weighted by Gasteiger charge is 2.07. The van der Waals surface area contributed by atoms with Crippen LogP contribution < -0.4 is 0 Å². The largest absolute Gasteiger partial charge is 0.397 e. The van der Waals surface area contributed by atoms with Crippen molar-refractivity contribution in [3.63, 3.8) is 0 Å². The number of hydrogen-bond donors (Lipinski definition) is 0. The van der Waals surface area contributed by atoms with Crippen LogP contribution in [0, 0.1) is 0 Å². The fourth-order valence-corrected chi connectivity index (χ4v) is 1.50. The van der Waals surface area contributed by atoms with Crippen LogP contribution in [0.25, 0.3) is 0 Å². The third-order valence-electron chi connectivity index (χ3n) is 0.831. The summed E-state index contributed by atoms with van der Waals surface area (Å²) in [5, 5.41) is 1.02. The molecule has 0 N–H and O–H groups in total. The van der Waals surface area contributed by atoms with Crippen LogP contribution in [0.5, 0.6) is 0 Å². The first-order chi connectivity index (χ1) is 3.72. The lowest BCUT2D eigenvalue weighted by atomic mass is 10.8. The van der Waals surface area contributed by atoms with Gasteiger partial charge in [0.1, 0.15) is 0 Å². The van der Waals surface area contributed by atoms with Gasteiger partial charge in [-0.15, -0.1) is 0 Å². The zero-order valence-corrected chi connectivity index (χ0v) is 6.76. The molecule has 0 bridgehead atoms. The van der Waals surface area contributed by atoms with E-state index in [1.165, 1.54) is 0 Å². The predicted molar refractivity (Wildman–Crippen MR) is 36.0 cm³/mol. The first-order valence-corrected chi connectivity index (χ1v) is 3.95. The van der Waals surface area contributed by atoms with Gasteiger partial charge in [0, 0.05) is 14.2 Å². The van der Waals surface area contributed by atoms with Gasteiger partial charge in [0.25, 0.3) is 0 Å². The van der Waals surface area contributed by atoms with Crippen molar-refractivity contribution in [2.24, 2.45) is 0 Å². The second-order valence-electron chi connectivity index (χ2n) is 1.65. The molecule has 0 heterocycles. The van der Waals surface area contributed by atoms with Gasteiger partial charge in [-0.1, -0.05) is 6.58 Å². The van der Waals surface area contributed by atoms with Crippen molar-refractivity contribution in [1.82, 2.24) is 0 Å². The standard InChI is InChI=1S/C5H12O2Si/c1-5(2)8(6-3)7-4/h8H,1H2,2-4H3. The van der Waals surface area contributed by atoms with Crippen molar-refractivity contribution in [2.75, 3.05) is 14.2 Å². The third-order valence-corrected chi connectivity index (χ3v) is 2.49. The van der Waals surface area contributed by atoms with Gasteiger partial charge in [0.05, 0.1) is 0 Å². The molecule has 2 nitrogen and oxygen atoms in total. The number of allylic oxidation sites excluding steroid dienone is 1. The third kappa shape index (κ3) is 2.25. The Bertz CT molecular complexity index is 78.5. The van der Waals surface area contributed by atoms with Gasteiger partial charge in [0.15, 0.2) is 0 Å². The molecule has 0 aliphatic rings. The van der Waals surface area contributed by atoms with E-state index < -0.39 is 9.28 Å². The molecule has 48 valence electrons. The summed E-state index contributed by atoms with van der Waals surface area (Å²) in [6.45, 7) is 5.63. The fraction of sp³-hybridized carbons (Fsp3) is 0.600. The van der Waals surface area contributed by atoms with Crippen LogP contribution in [0.15, 0.2) is 11.8 Å². The van der Waals surface area contributed by atoms with E-state index in [9.17, 15) is 0 Å². The summed E-state index contributed by atoms with van der Waals surface area (Å²) in [5.74, 6) is 0. The molecule has 0 rings (SSSR count). The van der Waals surface area contributed by atoms with E-state index in [-0.39, 0.29) is 0 Å². The van der Waals surface area contributed by atoms with E-state index in [4.69, 9.17) is 8.85 Å². The van der Waals surface area contributed by atoms with Gasteiger partial charge in [-0.3, -0.25) is 0 Å². The molecule has 0 unspecified atom stereocenters. The number of rotatable bonds is 3. The summed E-state index contributed by atoms with van der Waals surface area (Å²) in [7, 11) is 1.84. The molecule has 0 spiro atoms. The van der Waals surface area contributed by atoms with Crippen LogP contribution in [-0.2, 0) is 8.85 Å². The quantitative estimate of drug-likeness (QED) is 0.524. The highest BCUT2D eigenvalue weighted by atomic mass is 28.3. The highest BCUT2D eigenvalue weighted by Crippen LogP contribution is 1.95. The van der Waals surface area contributed by atoms with Crippen LogP contribution in [0.1, 0.15) is 6.92 Å². The molecule has 0 saturated heterocycles. The summed E-state index contributed by atoms with van der Waals surface area (Å²) in [4.78, 5) is 0. The van der Waals surface area contributed by atoms with Gasteiger partial charge >= 0.3 is 9.28 Å². The van der Waals surface area contributed by atoms with Crippen molar-refractivity contribution >= 4 is 9.28 Å². The summed E-state index contributed by atoms with van der Waals surface area (Å²) in [6, 6.07) is 0. The van der Waals surface area contributed by atoms with Crippen molar-refractivity contribution in [2.45, 2.75) is 6.92 Å². The van der Waals surface area contributed by atoms with E-state index in [1.807, 2.05) is 6.92 Å². The lowest BCUT2D eigenvalue weighted by Gasteiger charge is -2.08. The highest BCUT2D eigenvalue weighted by molar-refractivity contribution is 6.53. The van der Waals surface area contributed by atoms with E-state index in [0.717, 1.165) is 5.20 Å². The van der Waals surface area contributed by atoms with Crippen molar-refractivity contribution in [3.8, 4) is 0 Å². The Balaban J connectivity index is 3.52. The molecule has 0 fully saturated rings. The maximum absolute atomic E-state index is 4.98. The van der Waals surface area contributed by atoms with Crippen LogP contribution >= 0.6 is 0 Å². The summed E-state index contributed by atoms with van der Waals surface area (Å²) in [6.07, 6.45) is 0. The summed E-state index contributed by atoms with van der Waals surface area (Å²) < 4.78 is 9.96. The Labute approximate surface area is 52.0 Å². The molecule has 0 aliphatic carbocycles. The Hall–Kier alpha value is -0.123. The fourth-order valence-electron chi connectivity index (χ4n) is 0.499. The smallest absolute Gasteiger partial charge is 0.350 e. The average molecular weight is 132 g/mol. The van der Waals surface area contributed by atoms with Crippen LogP contribution in [-0.4, -0.2) is 23.5 Å². The predicted octanol–water partition coefficient (Wildman–Crippen LogP) is 0.615. The van der Waals surface area contributed by atoms with Gasteiger partial charge in [-0.05, 0) is 12.1 Å². The minimum Gasteiger partial charge on any atom is -0.397 e. The maximum atomic E-state index is 4.98. The Morgan fingerprint density at radius 2 is 1.75 bits per heavy atom. The van der Waals surface area contributed by atoms with E-state index in [0.29, 0.717) is 0 Å². The summed E-state index contributed by atoms with van der Waals surface area (Å²) in [5.41, 5.74) is 0. The second-order valence-corrected chi connectivity index (χ2v) is 4.24. The van der Waals surface area contributed by atoms with Crippen molar-refractivity contribution in [3.05, 3.63) is 11.8 Å². The Kier molecular flexibility index (Phi) is 3.77. The van der Waals surface area contributed by atoms with E-state index in [2.05, 4.69) is 6.58 Å². The molecule has 0 aromatic heterocycles. The minimum absolute atomic E-state index is 1.02. The molecule has 0 atom stereocenters. The average Bonchev–Trinajstić information content (AvgIpc) is 1.69. The van der Waals surface area contributed by atoms with Gasteiger partial charge in [0.2, 0.25) is 0 Å². The molecular formula is C5H12O2Si. The second kappa shape index (κ2) is 3.83. The first-order valence-electron chi connectivity index (χ1n) is 2.43. The lowest BCUT2D eigenvalue weighted by Crippen LogP contribution is -2.19. The topological polar surface area (TPSA) is 18.5 Å². The molecule has 8 heavy (non-hydrogen) atoms. The summed E-state index contributed by atoms with van der Waals surface area (Å²) >= 11 is 0. The molecule has 0 aliphatic heterocycles. The van der Waals surface area contributed by atoms with Crippen LogP contribution in [0.3, 0.4) is 0 Å². The molecule has 3 heteroatoms. The van der Waals surface area contributed by atoms with Crippen LogP contribution in [0.4, 0.5) is 0 Å². The van der Waals surface area contributed by atoms with Gasteiger partial charge in [-0.25, -0.2) is 0 Å². The Morgan fingerprint density at radius 3 is 1.75 bits per heavy atom. The first kappa shape index (κ1) is 7.88. The maximum Gasteiger partial charge on any atom is 0.350 e. The molecule has 0 amide bonds. The zero-order chi connectivity index (χ0) is 6.57.